The fraction of sp³-hybridized carbons (Fsp3) is 0.357. The van der Waals surface area contributed by atoms with Crippen LogP contribution in [0.15, 0.2) is 24.3 Å². The number of carbonyl (C=O) groups is 3. The fourth-order valence-electron chi connectivity index (χ4n) is 2.24. The van der Waals surface area contributed by atoms with Crippen LogP contribution < -0.4 is 5.11 Å². The maximum Gasteiger partial charge on any atom is 0.262 e. The zero-order chi connectivity index (χ0) is 14.2. The van der Waals surface area contributed by atoms with E-state index in [2.05, 4.69) is 0 Å². The number of hydrogen-bond donors (Lipinski definition) is 0. The molecule has 5 nitrogen and oxygen atoms in total. The molecule has 1 aromatic rings. The highest BCUT2D eigenvalue weighted by molar-refractivity contribution is 6.22. The largest absolute Gasteiger partial charge is 0.548 e. The molecule has 2 rings (SSSR count). The third kappa shape index (κ3) is 2.23. The predicted molar refractivity (Wildman–Crippen MR) is 65.2 cm³/mol. The van der Waals surface area contributed by atoms with Crippen LogP contribution in [0.1, 0.15) is 41.0 Å². The smallest absolute Gasteiger partial charge is 0.262 e. The number of aliphatic carboxylic acids is 1. The number of amides is 2. The lowest BCUT2D eigenvalue weighted by Gasteiger charge is -2.28. The van der Waals surface area contributed by atoms with Crippen molar-refractivity contribution in [2.24, 2.45) is 5.92 Å². The SMILES string of the molecule is CC(C)CC(C(=O)[O-])N1C(=O)c2ccccc2C1=O. The average Bonchev–Trinajstić information content (AvgIpc) is 2.60. The molecule has 0 saturated heterocycles. The first kappa shape index (κ1) is 13.3. The molecule has 1 unspecified atom stereocenters. The van der Waals surface area contributed by atoms with Gasteiger partial charge in [-0.05, 0) is 24.5 Å². The number of rotatable bonds is 4. The molecule has 2 amide bonds. The van der Waals surface area contributed by atoms with Crippen molar-refractivity contribution in [3.63, 3.8) is 0 Å². The van der Waals surface area contributed by atoms with Gasteiger partial charge in [-0.2, -0.15) is 0 Å². The van der Waals surface area contributed by atoms with Crippen molar-refractivity contribution >= 4 is 17.8 Å². The van der Waals surface area contributed by atoms with Gasteiger partial charge in [0.1, 0.15) is 0 Å². The Bertz CT molecular complexity index is 515. The zero-order valence-corrected chi connectivity index (χ0v) is 10.8. The normalized spacial score (nSPS) is 15.8. The van der Waals surface area contributed by atoms with Crippen LogP contribution in [0, 0.1) is 5.92 Å². The van der Waals surface area contributed by atoms with Gasteiger partial charge in [0.15, 0.2) is 0 Å². The van der Waals surface area contributed by atoms with Crippen LogP contribution in [0.4, 0.5) is 0 Å². The third-order valence-corrected chi connectivity index (χ3v) is 3.10. The van der Waals surface area contributed by atoms with Crippen LogP contribution in [-0.4, -0.2) is 28.7 Å². The highest BCUT2D eigenvalue weighted by Gasteiger charge is 2.40. The molecule has 0 spiro atoms. The van der Waals surface area contributed by atoms with E-state index in [1.54, 1.807) is 12.1 Å². The molecule has 100 valence electrons. The minimum Gasteiger partial charge on any atom is -0.548 e. The van der Waals surface area contributed by atoms with E-state index in [4.69, 9.17) is 0 Å². The van der Waals surface area contributed by atoms with E-state index in [9.17, 15) is 19.5 Å². The molecular weight excluding hydrogens is 246 g/mol. The first-order chi connectivity index (χ1) is 8.93. The Morgan fingerprint density at radius 1 is 1.16 bits per heavy atom. The minimum atomic E-state index is -1.40. The highest BCUT2D eigenvalue weighted by Crippen LogP contribution is 2.26. The lowest BCUT2D eigenvalue weighted by Crippen LogP contribution is -2.51. The molecule has 0 bridgehead atoms. The van der Waals surface area contributed by atoms with Gasteiger partial charge in [0.25, 0.3) is 11.8 Å². The van der Waals surface area contributed by atoms with Gasteiger partial charge < -0.3 is 9.90 Å². The summed E-state index contributed by atoms with van der Waals surface area (Å²) < 4.78 is 0. The molecule has 0 N–H and O–H groups in total. The van der Waals surface area contributed by atoms with Gasteiger partial charge >= 0.3 is 0 Å². The van der Waals surface area contributed by atoms with Gasteiger partial charge in [0.05, 0.1) is 23.1 Å². The summed E-state index contributed by atoms with van der Waals surface area (Å²) in [7, 11) is 0. The summed E-state index contributed by atoms with van der Waals surface area (Å²) in [6, 6.07) is 5.12. The number of carboxylic acid groups (broad SMARTS) is 1. The Morgan fingerprint density at radius 3 is 2.00 bits per heavy atom. The minimum absolute atomic E-state index is 0.0345. The number of nitrogens with zero attached hydrogens (tertiary/aromatic N) is 1. The van der Waals surface area contributed by atoms with Crippen LogP contribution in [0.2, 0.25) is 0 Å². The first-order valence-corrected chi connectivity index (χ1v) is 6.11. The summed E-state index contributed by atoms with van der Waals surface area (Å²) >= 11 is 0. The van der Waals surface area contributed by atoms with Gasteiger partial charge in [-0.15, -0.1) is 0 Å². The fourth-order valence-corrected chi connectivity index (χ4v) is 2.24. The molecule has 1 heterocycles. The van der Waals surface area contributed by atoms with E-state index in [0.717, 1.165) is 4.90 Å². The van der Waals surface area contributed by atoms with E-state index in [1.165, 1.54) is 12.1 Å². The van der Waals surface area contributed by atoms with Crippen LogP contribution in [-0.2, 0) is 4.79 Å². The number of carbonyl (C=O) groups excluding carboxylic acids is 3. The van der Waals surface area contributed by atoms with Crippen molar-refractivity contribution in [1.82, 2.24) is 4.90 Å². The number of benzene rings is 1. The van der Waals surface area contributed by atoms with Crippen LogP contribution in [0.5, 0.6) is 0 Å². The van der Waals surface area contributed by atoms with Gasteiger partial charge in [0, 0.05) is 0 Å². The molecule has 1 atom stereocenters. The molecule has 1 aliphatic heterocycles. The van der Waals surface area contributed by atoms with E-state index < -0.39 is 23.8 Å². The summed E-state index contributed by atoms with van der Waals surface area (Å²) in [5.74, 6) is -2.48. The van der Waals surface area contributed by atoms with Gasteiger partial charge in [-0.1, -0.05) is 26.0 Å². The average molecular weight is 260 g/mol. The van der Waals surface area contributed by atoms with Crippen LogP contribution in [0.25, 0.3) is 0 Å². The lowest BCUT2D eigenvalue weighted by molar-refractivity contribution is -0.310. The van der Waals surface area contributed by atoms with Crippen molar-refractivity contribution < 1.29 is 19.5 Å². The standard InChI is InChI=1S/C14H15NO4/c1-8(2)7-11(14(18)19)15-12(16)9-5-3-4-6-10(9)13(15)17/h3-6,8,11H,7H2,1-2H3,(H,18,19)/p-1. The molecule has 5 heteroatoms. The monoisotopic (exact) mass is 260 g/mol. The zero-order valence-electron chi connectivity index (χ0n) is 10.8. The van der Waals surface area contributed by atoms with E-state index >= 15 is 0 Å². The maximum atomic E-state index is 12.1. The Balaban J connectivity index is 2.39. The van der Waals surface area contributed by atoms with Crippen molar-refractivity contribution in [2.75, 3.05) is 0 Å². The second-order valence-electron chi connectivity index (χ2n) is 4.99. The first-order valence-electron chi connectivity index (χ1n) is 6.11. The maximum absolute atomic E-state index is 12.1. The Hall–Kier alpha value is -2.17. The second kappa shape index (κ2) is 4.84. The van der Waals surface area contributed by atoms with Gasteiger partial charge in [-0.3, -0.25) is 14.5 Å². The van der Waals surface area contributed by atoms with Crippen molar-refractivity contribution in [1.29, 1.82) is 0 Å². The van der Waals surface area contributed by atoms with Crippen molar-refractivity contribution in [3.05, 3.63) is 35.4 Å². The Labute approximate surface area is 110 Å². The molecule has 0 fully saturated rings. The summed E-state index contributed by atoms with van der Waals surface area (Å²) in [4.78, 5) is 36.3. The molecule has 1 aromatic carbocycles. The Morgan fingerprint density at radius 2 is 1.63 bits per heavy atom. The molecule has 0 radical (unpaired) electrons. The van der Waals surface area contributed by atoms with E-state index in [1.807, 2.05) is 13.8 Å². The summed E-state index contributed by atoms with van der Waals surface area (Å²) in [5, 5.41) is 11.2. The second-order valence-corrected chi connectivity index (χ2v) is 4.99. The molecule has 0 aromatic heterocycles. The summed E-state index contributed by atoms with van der Waals surface area (Å²) in [6.45, 7) is 3.65. The van der Waals surface area contributed by atoms with Gasteiger partial charge in [0.2, 0.25) is 0 Å². The predicted octanol–water partition coefficient (Wildman–Crippen LogP) is 0.447. The molecule has 0 aliphatic carbocycles. The Kier molecular flexibility index (Phi) is 3.38. The lowest BCUT2D eigenvalue weighted by atomic mass is 10.0. The number of carboxylic acids is 1. The van der Waals surface area contributed by atoms with Gasteiger partial charge in [-0.25, -0.2) is 0 Å². The van der Waals surface area contributed by atoms with Crippen molar-refractivity contribution in [3.8, 4) is 0 Å². The summed E-state index contributed by atoms with van der Waals surface area (Å²) in [5.41, 5.74) is 0.505. The summed E-state index contributed by atoms with van der Waals surface area (Å²) in [6.07, 6.45) is 0.188. The quantitative estimate of drug-likeness (QED) is 0.736. The number of fused-ring (bicyclic) bond motifs is 1. The van der Waals surface area contributed by atoms with E-state index in [0.29, 0.717) is 0 Å². The molecule has 19 heavy (non-hydrogen) atoms. The topological polar surface area (TPSA) is 77.5 Å². The molecule has 0 saturated carbocycles. The van der Waals surface area contributed by atoms with E-state index in [-0.39, 0.29) is 23.5 Å². The molecule has 1 aliphatic rings. The molecular formula is C14H14NO4-. The van der Waals surface area contributed by atoms with Crippen LogP contribution in [0.3, 0.4) is 0 Å². The number of imide groups is 1. The highest BCUT2D eigenvalue weighted by atomic mass is 16.4. The van der Waals surface area contributed by atoms with Crippen molar-refractivity contribution in [2.45, 2.75) is 26.3 Å². The third-order valence-electron chi connectivity index (χ3n) is 3.10. The number of hydrogen-bond acceptors (Lipinski definition) is 4. The van der Waals surface area contributed by atoms with Crippen LogP contribution >= 0.6 is 0 Å².